The molecule has 0 amide bonds. The van der Waals surface area contributed by atoms with Gasteiger partial charge in [0, 0.05) is 27.1 Å². The monoisotopic (exact) mass is 302 g/mol. The molecule has 0 aliphatic carbocycles. The molecule has 0 aromatic heterocycles. The van der Waals surface area contributed by atoms with Gasteiger partial charge >= 0.3 is 5.97 Å². The van der Waals surface area contributed by atoms with Gasteiger partial charge in [0.15, 0.2) is 0 Å². The summed E-state index contributed by atoms with van der Waals surface area (Å²) < 4.78 is 0. The topological polar surface area (TPSA) is 98.1 Å². The number of nitrogens with one attached hydrogen (secondary N) is 1. The van der Waals surface area contributed by atoms with Crippen molar-refractivity contribution in [2.24, 2.45) is 5.11 Å². The van der Waals surface area contributed by atoms with Crippen LogP contribution >= 0.6 is 23.2 Å². The van der Waals surface area contributed by atoms with Crippen molar-refractivity contribution in [2.75, 3.05) is 13.1 Å². The number of aliphatic carboxylic acids is 1. The number of benzene rings is 1. The van der Waals surface area contributed by atoms with E-state index in [4.69, 9.17) is 28.7 Å². The first-order valence-corrected chi connectivity index (χ1v) is 6.24. The Labute approximate surface area is 120 Å². The predicted octanol–water partition coefficient (Wildman–Crippen LogP) is 3.41. The fraction of sp³-hybridized carbons (Fsp3) is 0.364. The van der Waals surface area contributed by atoms with E-state index >= 15 is 0 Å². The van der Waals surface area contributed by atoms with E-state index in [2.05, 4.69) is 15.3 Å². The first kappa shape index (κ1) is 15.6. The molecule has 0 radical (unpaired) electrons. The Kier molecular flexibility index (Phi) is 6.45. The Morgan fingerprint density at radius 2 is 2.26 bits per heavy atom. The lowest BCUT2D eigenvalue weighted by Gasteiger charge is -2.16. The standard InChI is InChI=1S/C11H12Cl2N4O2/c12-7-2-3-9(13)8(6-7)10(11(18)19)15-4-1-5-16-17-14/h2-3,6,10,15H,1,4-5H2,(H,18,19). The summed E-state index contributed by atoms with van der Waals surface area (Å²) in [5, 5.41) is 16.1. The molecule has 0 spiro atoms. The van der Waals surface area contributed by atoms with Crippen LogP contribution in [0.1, 0.15) is 18.0 Å². The zero-order valence-electron chi connectivity index (χ0n) is 9.88. The molecule has 0 saturated carbocycles. The van der Waals surface area contributed by atoms with E-state index < -0.39 is 12.0 Å². The maximum atomic E-state index is 11.2. The molecule has 0 heterocycles. The van der Waals surface area contributed by atoms with Gasteiger partial charge in [0.2, 0.25) is 0 Å². The number of rotatable bonds is 7. The molecule has 2 N–H and O–H groups in total. The van der Waals surface area contributed by atoms with Crippen molar-refractivity contribution < 1.29 is 9.90 Å². The Balaban J connectivity index is 2.74. The van der Waals surface area contributed by atoms with Crippen LogP contribution in [0.4, 0.5) is 0 Å². The summed E-state index contributed by atoms with van der Waals surface area (Å²) in [6, 6.07) is 3.71. The lowest BCUT2D eigenvalue weighted by molar-refractivity contribution is -0.139. The molecule has 0 saturated heterocycles. The molecule has 8 heteroatoms. The summed E-state index contributed by atoms with van der Waals surface area (Å²) >= 11 is 11.8. The molecular weight excluding hydrogens is 291 g/mol. The third-order valence-corrected chi connectivity index (χ3v) is 2.94. The Hall–Kier alpha value is -1.46. The van der Waals surface area contributed by atoms with Gasteiger partial charge in [-0.2, -0.15) is 0 Å². The lowest BCUT2D eigenvalue weighted by Crippen LogP contribution is -2.29. The second-order valence-corrected chi connectivity index (χ2v) is 4.54. The van der Waals surface area contributed by atoms with Gasteiger partial charge in [-0.25, -0.2) is 0 Å². The number of azide groups is 1. The third kappa shape index (κ3) is 4.96. The van der Waals surface area contributed by atoms with Gasteiger partial charge in [0.1, 0.15) is 6.04 Å². The number of hydrogen-bond donors (Lipinski definition) is 2. The van der Waals surface area contributed by atoms with E-state index in [0.29, 0.717) is 35.1 Å². The van der Waals surface area contributed by atoms with Crippen molar-refractivity contribution >= 4 is 29.2 Å². The first-order chi connectivity index (χ1) is 9.06. The maximum absolute atomic E-state index is 11.2. The van der Waals surface area contributed by atoms with Gasteiger partial charge < -0.3 is 10.4 Å². The zero-order valence-corrected chi connectivity index (χ0v) is 11.4. The van der Waals surface area contributed by atoms with Crippen molar-refractivity contribution in [3.63, 3.8) is 0 Å². The second kappa shape index (κ2) is 7.86. The van der Waals surface area contributed by atoms with Crippen LogP contribution in [0.2, 0.25) is 10.0 Å². The zero-order chi connectivity index (χ0) is 14.3. The van der Waals surface area contributed by atoms with Gasteiger partial charge in [0.05, 0.1) is 0 Å². The fourth-order valence-electron chi connectivity index (χ4n) is 1.51. The minimum atomic E-state index is -1.05. The number of carbonyl (C=O) groups is 1. The molecule has 102 valence electrons. The van der Waals surface area contributed by atoms with E-state index in [-0.39, 0.29) is 0 Å². The molecule has 0 bridgehead atoms. The fourth-order valence-corrected chi connectivity index (χ4v) is 1.91. The number of hydrogen-bond acceptors (Lipinski definition) is 3. The van der Waals surface area contributed by atoms with Crippen molar-refractivity contribution in [1.82, 2.24) is 5.32 Å². The van der Waals surface area contributed by atoms with Crippen molar-refractivity contribution in [2.45, 2.75) is 12.5 Å². The highest BCUT2D eigenvalue weighted by Gasteiger charge is 2.21. The molecule has 1 aromatic rings. The predicted molar refractivity (Wildman–Crippen MR) is 73.5 cm³/mol. The van der Waals surface area contributed by atoms with Gasteiger partial charge in [-0.05, 0) is 36.7 Å². The largest absolute Gasteiger partial charge is 0.480 e. The average molecular weight is 303 g/mol. The molecular formula is C11H12Cl2N4O2. The highest BCUT2D eigenvalue weighted by molar-refractivity contribution is 6.33. The third-order valence-electron chi connectivity index (χ3n) is 2.36. The number of halogens is 2. The number of carboxylic acids is 1. The Bertz CT molecular complexity index is 503. The summed E-state index contributed by atoms with van der Waals surface area (Å²) in [7, 11) is 0. The van der Waals surface area contributed by atoms with Crippen LogP contribution in [0.3, 0.4) is 0 Å². The lowest BCUT2D eigenvalue weighted by atomic mass is 10.1. The van der Waals surface area contributed by atoms with Crippen LogP contribution in [0.25, 0.3) is 10.4 Å². The molecule has 1 atom stereocenters. The van der Waals surface area contributed by atoms with Crippen molar-refractivity contribution in [3.05, 3.63) is 44.3 Å². The SMILES string of the molecule is [N-]=[N+]=NCCCNC(C(=O)O)c1cc(Cl)ccc1Cl. The van der Waals surface area contributed by atoms with E-state index in [0.717, 1.165) is 0 Å². The van der Waals surface area contributed by atoms with E-state index in [9.17, 15) is 9.90 Å². The van der Waals surface area contributed by atoms with Gasteiger partial charge in [-0.15, -0.1) is 0 Å². The molecule has 0 aliphatic heterocycles. The molecule has 0 fully saturated rings. The molecule has 1 unspecified atom stereocenters. The van der Waals surface area contributed by atoms with Crippen LogP contribution in [0, 0.1) is 0 Å². The van der Waals surface area contributed by atoms with Crippen LogP contribution in [-0.4, -0.2) is 24.2 Å². The maximum Gasteiger partial charge on any atom is 0.325 e. The normalized spacial score (nSPS) is 11.7. The van der Waals surface area contributed by atoms with Crippen LogP contribution in [-0.2, 0) is 4.79 Å². The summed E-state index contributed by atoms with van der Waals surface area (Å²) in [4.78, 5) is 13.9. The van der Waals surface area contributed by atoms with E-state index in [1.807, 2.05) is 0 Å². The summed E-state index contributed by atoms with van der Waals surface area (Å²) in [5.74, 6) is -1.05. The van der Waals surface area contributed by atoms with E-state index in [1.54, 1.807) is 12.1 Å². The van der Waals surface area contributed by atoms with Gasteiger partial charge in [-0.3, -0.25) is 4.79 Å². The Morgan fingerprint density at radius 1 is 1.53 bits per heavy atom. The molecule has 19 heavy (non-hydrogen) atoms. The van der Waals surface area contributed by atoms with Crippen molar-refractivity contribution in [1.29, 1.82) is 0 Å². The van der Waals surface area contributed by atoms with Gasteiger partial charge in [0.25, 0.3) is 0 Å². The molecule has 6 nitrogen and oxygen atoms in total. The van der Waals surface area contributed by atoms with Crippen molar-refractivity contribution in [3.8, 4) is 0 Å². The summed E-state index contributed by atoms with van der Waals surface area (Å²) in [5.41, 5.74) is 8.53. The highest BCUT2D eigenvalue weighted by atomic mass is 35.5. The Morgan fingerprint density at radius 3 is 2.89 bits per heavy atom. The van der Waals surface area contributed by atoms with Crippen LogP contribution in [0.5, 0.6) is 0 Å². The minimum Gasteiger partial charge on any atom is -0.480 e. The number of carboxylic acid groups (broad SMARTS) is 1. The van der Waals surface area contributed by atoms with Gasteiger partial charge in [-0.1, -0.05) is 28.3 Å². The average Bonchev–Trinajstić information content (AvgIpc) is 2.37. The van der Waals surface area contributed by atoms with E-state index in [1.165, 1.54) is 6.07 Å². The van der Waals surface area contributed by atoms with Crippen LogP contribution < -0.4 is 5.32 Å². The smallest absolute Gasteiger partial charge is 0.325 e. The second-order valence-electron chi connectivity index (χ2n) is 3.70. The summed E-state index contributed by atoms with van der Waals surface area (Å²) in [6.07, 6.45) is 0.534. The quantitative estimate of drug-likeness (QED) is 0.349. The highest BCUT2D eigenvalue weighted by Crippen LogP contribution is 2.26. The van der Waals surface area contributed by atoms with Crippen LogP contribution in [0.15, 0.2) is 23.3 Å². The number of nitrogens with zero attached hydrogens (tertiary/aromatic N) is 3. The summed E-state index contributed by atoms with van der Waals surface area (Å²) in [6.45, 7) is 0.692. The minimum absolute atomic E-state index is 0.305. The molecule has 1 aromatic carbocycles. The molecule has 1 rings (SSSR count). The first-order valence-electron chi connectivity index (χ1n) is 5.48. The molecule has 0 aliphatic rings.